The van der Waals surface area contributed by atoms with E-state index in [0.29, 0.717) is 29.4 Å². The Morgan fingerprint density at radius 3 is 2.66 bits per heavy atom. The zero-order valence-electron chi connectivity index (χ0n) is 24.0. The van der Waals surface area contributed by atoms with E-state index in [1.807, 2.05) is 0 Å². The lowest BCUT2D eigenvalue weighted by Crippen LogP contribution is -2.55. The van der Waals surface area contributed by atoms with Crippen LogP contribution >= 0.6 is 0 Å². The van der Waals surface area contributed by atoms with E-state index in [1.165, 1.54) is 30.2 Å². The number of anilines is 1. The molecule has 41 heavy (non-hydrogen) atoms. The number of carbonyl (C=O) groups is 3. The van der Waals surface area contributed by atoms with Crippen molar-refractivity contribution in [3.8, 4) is 0 Å². The van der Waals surface area contributed by atoms with Gasteiger partial charge in [-0.1, -0.05) is 31.2 Å². The van der Waals surface area contributed by atoms with Crippen LogP contribution in [0, 0.1) is 11.2 Å². The Morgan fingerprint density at radius 2 is 1.95 bits per heavy atom. The Labute approximate surface area is 240 Å². The molecule has 4 aliphatic rings. The second kappa shape index (κ2) is 10.6. The fourth-order valence-electron chi connectivity index (χ4n) is 6.47. The van der Waals surface area contributed by atoms with Crippen LogP contribution in [0.25, 0.3) is 0 Å². The number of nitrogens with zero attached hydrogens (tertiary/aromatic N) is 4. The van der Waals surface area contributed by atoms with Crippen molar-refractivity contribution >= 4 is 31.8 Å². The van der Waals surface area contributed by atoms with Crippen LogP contribution in [0.2, 0.25) is 25.7 Å². The molecule has 0 bridgehead atoms. The van der Waals surface area contributed by atoms with Crippen LogP contribution in [0.15, 0.2) is 16.5 Å². The van der Waals surface area contributed by atoms with Crippen LogP contribution in [0.4, 0.5) is 10.4 Å². The summed E-state index contributed by atoms with van der Waals surface area (Å²) in [5, 5.41) is 11.3. The molecule has 1 unspecified atom stereocenters. The van der Waals surface area contributed by atoms with Crippen molar-refractivity contribution in [2.45, 2.75) is 95.7 Å². The summed E-state index contributed by atoms with van der Waals surface area (Å²) in [5.41, 5.74) is 1.55. The van der Waals surface area contributed by atoms with Gasteiger partial charge in [0, 0.05) is 44.7 Å². The molecule has 0 radical (unpaired) electrons. The standard InChI is InChI=1S/C29H38FN5O5Si/c1-41(2,3)10-9-39-17-35-24(36)6-5-23(27(35)38)34-16-21-20(26(34)37)11-18(12-22(21)30)15-31-28-33-32-25(40-28)19-13-29(14-19)7-4-8-29/h11-12,19,23H,4-10,13-17H2,1-3H3,(H,31,33). The van der Waals surface area contributed by atoms with E-state index in [1.54, 1.807) is 6.07 Å². The van der Waals surface area contributed by atoms with Gasteiger partial charge >= 0.3 is 6.01 Å². The smallest absolute Gasteiger partial charge is 0.315 e. The third kappa shape index (κ3) is 5.55. The minimum Gasteiger partial charge on any atom is -0.408 e. The molecule has 1 atom stereocenters. The molecule has 12 heteroatoms. The van der Waals surface area contributed by atoms with E-state index in [2.05, 4.69) is 35.2 Å². The van der Waals surface area contributed by atoms with E-state index in [-0.39, 0.29) is 55.7 Å². The number of aromatic nitrogens is 2. The van der Waals surface area contributed by atoms with Crippen LogP contribution in [0.1, 0.15) is 78.2 Å². The van der Waals surface area contributed by atoms with E-state index in [9.17, 15) is 14.4 Å². The third-order valence-electron chi connectivity index (χ3n) is 9.16. The molecule has 3 amide bonds. The van der Waals surface area contributed by atoms with Gasteiger partial charge in [0.2, 0.25) is 11.8 Å². The summed E-state index contributed by atoms with van der Waals surface area (Å²) in [7, 11) is -1.32. The van der Waals surface area contributed by atoms with Gasteiger partial charge in [0.15, 0.2) is 0 Å². The SMILES string of the molecule is C[Si](C)(C)CCOCN1C(=O)CCC(N2Cc3c(F)cc(CNc4nnc(C5CC6(CCC6)C5)o4)cc3C2=O)C1=O. The van der Waals surface area contributed by atoms with Crippen molar-refractivity contribution in [2.24, 2.45) is 5.41 Å². The molecular weight excluding hydrogens is 545 g/mol. The first kappa shape index (κ1) is 28.0. The number of ether oxygens (including phenoxy) is 1. The van der Waals surface area contributed by atoms with Crippen LogP contribution in [-0.4, -0.2) is 65.2 Å². The number of imide groups is 1. The number of likely N-dealkylation sites (tertiary alicyclic amines) is 1. The van der Waals surface area contributed by atoms with Gasteiger partial charge in [0.05, 0.1) is 6.54 Å². The molecule has 2 aliphatic carbocycles. The lowest BCUT2D eigenvalue weighted by molar-refractivity contribution is -0.158. The summed E-state index contributed by atoms with van der Waals surface area (Å²) in [6.07, 6.45) is 6.43. The number of halogens is 1. The number of nitrogens with one attached hydrogen (secondary N) is 1. The normalized spacial score (nSPS) is 22.2. The third-order valence-corrected chi connectivity index (χ3v) is 10.9. The van der Waals surface area contributed by atoms with E-state index < -0.39 is 31.7 Å². The molecule has 1 saturated heterocycles. The number of hydrogen-bond donors (Lipinski definition) is 1. The van der Waals surface area contributed by atoms with Gasteiger partial charge in [0.25, 0.3) is 11.8 Å². The van der Waals surface area contributed by atoms with Crippen LogP contribution in [0.3, 0.4) is 0 Å². The van der Waals surface area contributed by atoms with Crippen LogP contribution in [-0.2, 0) is 27.4 Å². The van der Waals surface area contributed by atoms with E-state index in [4.69, 9.17) is 9.15 Å². The van der Waals surface area contributed by atoms with Gasteiger partial charge in [-0.25, -0.2) is 4.39 Å². The number of rotatable bonds is 10. The highest BCUT2D eigenvalue weighted by atomic mass is 28.3. The maximum absolute atomic E-state index is 15.2. The zero-order valence-corrected chi connectivity index (χ0v) is 25.0. The fraction of sp³-hybridized carbons (Fsp3) is 0.621. The number of carbonyl (C=O) groups excluding carboxylic acids is 3. The molecule has 1 N–H and O–H groups in total. The first-order valence-corrected chi connectivity index (χ1v) is 18.3. The first-order chi connectivity index (χ1) is 19.5. The monoisotopic (exact) mass is 583 g/mol. The minimum absolute atomic E-state index is 0.0154. The lowest BCUT2D eigenvalue weighted by Gasteiger charge is -2.53. The Kier molecular flexibility index (Phi) is 7.25. The molecule has 3 fully saturated rings. The minimum atomic E-state index is -1.32. The van der Waals surface area contributed by atoms with Crippen LogP contribution in [0.5, 0.6) is 0 Å². The van der Waals surface area contributed by atoms with Crippen molar-refractivity contribution in [1.29, 1.82) is 0 Å². The highest BCUT2D eigenvalue weighted by molar-refractivity contribution is 6.76. The quantitative estimate of drug-likeness (QED) is 0.244. The molecule has 220 valence electrons. The highest BCUT2D eigenvalue weighted by Gasteiger charge is 2.50. The van der Waals surface area contributed by atoms with Gasteiger partial charge in [-0.05, 0) is 61.3 Å². The molecule has 1 spiro atoms. The topological polar surface area (TPSA) is 118 Å². The van der Waals surface area contributed by atoms with E-state index in [0.717, 1.165) is 23.8 Å². The van der Waals surface area contributed by atoms with Crippen molar-refractivity contribution in [3.05, 3.63) is 40.5 Å². The molecular formula is C29H38FN5O5Si. The van der Waals surface area contributed by atoms with Gasteiger partial charge in [0.1, 0.15) is 18.6 Å². The molecule has 2 aromatic rings. The largest absolute Gasteiger partial charge is 0.408 e. The van der Waals surface area contributed by atoms with E-state index >= 15 is 4.39 Å². The molecule has 2 aliphatic heterocycles. The number of fused-ring (bicyclic) bond motifs is 1. The number of hydrogen-bond acceptors (Lipinski definition) is 8. The fourth-order valence-corrected chi connectivity index (χ4v) is 7.23. The summed E-state index contributed by atoms with van der Waals surface area (Å²) in [6.45, 7) is 7.20. The number of benzene rings is 1. The van der Waals surface area contributed by atoms with Crippen molar-refractivity contribution in [1.82, 2.24) is 20.0 Å². The molecule has 1 aromatic carbocycles. The number of piperidine rings is 1. The Balaban J connectivity index is 1.07. The van der Waals surface area contributed by atoms with Gasteiger partial charge in [-0.15, -0.1) is 5.10 Å². The predicted octanol–water partition coefficient (Wildman–Crippen LogP) is 4.65. The summed E-state index contributed by atoms with van der Waals surface area (Å²) >= 11 is 0. The average Bonchev–Trinajstić information content (AvgIpc) is 3.45. The molecule has 2 saturated carbocycles. The second-order valence-corrected chi connectivity index (χ2v) is 19.0. The Bertz CT molecular complexity index is 1360. The summed E-state index contributed by atoms with van der Waals surface area (Å²) in [4.78, 5) is 41.6. The van der Waals surface area contributed by atoms with Gasteiger partial charge < -0.3 is 19.4 Å². The Hall–Kier alpha value is -3.12. The Morgan fingerprint density at radius 1 is 1.17 bits per heavy atom. The molecule has 10 nitrogen and oxygen atoms in total. The molecule has 6 rings (SSSR count). The zero-order chi connectivity index (χ0) is 28.9. The maximum atomic E-state index is 15.2. The van der Waals surface area contributed by atoms with Gasteiger partial charge in [-0.2, -0.15) is 0 Å². The van der Waals surface area contributed by atoms with Gasteiger partial charge in [-0.3, -0.25) is 19.3 Å². The second-order valence-electron chi connectivity index (χ2n) is 13.4. The molecule has 1 aromatic heterocycles. The summed E-state index contributed by atoms with van der Waals surface area (Å²) in [5.74, 6) is -0.756. The first-order valence-electron chi connectivity index (χ1n) is 14.6. The highest BCUT2D eigenvalue weighted by Crippen LogP contribution is 2.61. The van der Waals surface area contributed by atoms with Crippen molar-refractivity contribution < 1.29 is 27.9 Å². The summed E-state index contributed by atoms with van der Waals surface area (Å²) in [6, 6.07) is 3.38. The average molecular weight is 584 g/mol. The molecule has 3 heterocycles. The lowest BCUT2D eigenvalue weighted by atomic mass is 9.52. The van der Waals surface area contributed by atoms with Crippen LogP contribution < -0.4 is 5.32 Å². The number of amides is 3. The summed E-state index contributed by atoms with van der Waals surface area (Å²) < 4.78 is 26.7. The van der Waals surface area contributed by atoms with Crippen molar-refractivity contribution in [3.63, 3.8) is 0 Å². The maximum Gasteiger partial charge on any atom is 0.315 e. The predicted molar refractivity (Wildman–Crippen MR) is 150 cm³/mol. The van der Waals surface area contributed by atoms with Crippen molar-refractivity contribution in [2.75, 3.05) is 18.7 Å².